The minimum absolute atomic E-state index is 0.0674. The van der Waals surface area contributed by atoms with Gasteiger partial charge in [0.25, 0.3) is 0 Å². The first-order chi connectivity index (χ1) is 7.06. The predicted molar refractivity (Wildman–Crippen MR) is 61.6 cm³/mol. The molecule has 1 rings (SSSR count). The average molecular weight is 213 g/mol. The SMILES string of the molecule is CCC(N)C(=O)N(C)CC1CCCN1C. The first-order valence-corrected chi connectivity index (χ1v) is 5.77. The van der Waals surface area contributed by atoms with Gasteiger partial charge in [-0.1, -0.05) is 6.92 Å². The highest BCUT2D eigenvalue weighted by Gasteiger charge is 2.25. The van der Waals surface area contributed by atoms with Crippen molar-refractivity contribution < 1.29 is 4.79 Å². The number of hydrogen-bond donors (Lipinski definition) is 1. The van der Waals surface area contributed by atoms with Gasteiger partial charge in [-0.25, -0.2) is 0 Å². The van der Waals surface area contributed by atoms with Crippen LogP contribution >= 0.6 is 0 Å². The van der Waals surface area contributed by atoms with Crippen LogP contribution in [0.2, 0.25) is 0 Å². The number of rotatable bonds is 4. The molecule has 0 aromatic rings. The van der Waals surface area contributed by atoms with E-state index < -0.39 is 0 Å². The normalized spacial score (nSPS) is 24.1. The highest BCUT2D eigenvalue weighted by Crippen LogP contribution is 2.15. The van der Waals surface area contributed by atoms with Crippen LogP contribution in [0.4, 0.5) is 0 Å². The molecule has 1 amide bonds. The molecule has 0 radical (unpaired) electrons. The maximum absolute atomic E-state index is 11.8. The lowest BCUT2D eigenvalue weighted by Gasteiger charge is -2.27. The minimum Gasteiger partial charge on any atom is -0.343 e. The molecule has 2 N–H and O–H groups in total. The van der Waals surface area contributed by atoms with Crippen LogP contribution in [0.15, 0.2) is 0 Å². The van der Waals surface area contributed by atoms with E-state index in [2.05, 4.69) is 11.9 Å². The summed E-state index contributed by atoms with van der Waals surface area (Å²) in [6.07, 6.45) is 3.14. The molecule has 4 heteroatoms. The summed E-state index contributed by atoms with van der Waals surface area (Å²) in [5.74, 6) is 0.0674. The summed E-state index contributed by atoms with van der Waals surface area (Å²) < 4.78 is 0. The molecule has 2 unspecified atom stereocenters. The zero-order chi connectivity index (χ0) is 11.4. The van der Waals surface area contributed by atoms with Gasteiger partial charge in [-0.3, -0.25) is 4.79 Å². The number of amides is 1. The van der Waals surface area contributed by atoms with Crippen LogP contribution in [-0.4, -0.2) is 55.0 Å². The fraction of sp³-hybridized carbons (Fsp3) is 0.909. The van der Waals surface area contributed by atoms with Crippen LogP contribution in [-0.2, 0) is 4.79 Å². The summed E-state index contributed by atoms with van der Waals surface area (Å²) >= 11 is 0. The van der Waals surface area contributed by atoms with Crippen molar-refractivity contribution in [3.8, 4) is 0 Å². The number of hydrogen-bond acceptors (Lipinski definition) is 3. The van der Waals surface area contributed by atoms with Crippen molar-refractivity contribution in [3.63, 3.8) is 0 Å². The molecule has 0 spiro atoms. The average Bonchev–Trinajstić information content (AvgIpc) is 2.62. The van der Waals surface area contributed by atoms with Crippen LogP contribution in [0.3, 0.4) is 0 Å². The van der Waals surface area contributed by atoms with E-state index in [9.17, 15) is 4.79 Å². The van der Waals surface area contributed by atoms with Crippen molar-refractivity contribution in [1.29, 1.82) is 0 Å². The Bertz CT molecular complexity index is 220. The Hall–Kier alpha value is -0.610. The van der Waals surface area contributed by atoms with Gasteiger partial charge in [0.15, 0.2) is 0 Å². The second kappa shape index (κ2) is 5.47. The lowest BCUT2D eigenvalue weighted by atomic mass is 10.1. The molecular weight excluding hydrogens is 190 g/mol. The summed E-state index contributed by atoms with van der Waals surface area (Å²) in [7, 11) is 3.97. The Morgan fingerprint density at radius 2 is 2.33 bits per heavy atom. The van der Waals surface area contributed by atoms with Gasteiger partial charge in [0, 0.05) is 19.6 Å². The van der Waals surface area contributed by atoms with Crippen molar-refractivity contribution >= 4 is 5.91 Å². The van der Waals surface area contributed by atoms with E-state index in [1.54, 1.807) is 4.90 Å². The quantitative estimate of drug-likeness (QED) is 0.729. The number of carbonyl (C=O) groups excluding carboxylic acids is 1. The molecule has 1 aliphatic heterocycles. The molecule has 1 aliphatic rings. The molecule has 0 aromatic carbocycles. The van der Waals surface area contributed by atoms with Crippen molar-refractivity contribution in [2.75, 3.05) is 27.2 Å². The van der Waals surface area contributed by atoms with Crippen molar-refractivity contribution in [1.82, 2.24) is 9.80 Å². The third-order valence-electron chi connectivity index (χ3n) is 3.29. The van der Waals surface area contributed by atoms with E-state index in [0.29, 0.717) is 12.5 Å². The fourth-order valence-electron chi connectivity index (χ4n) is 2.07. The van der Waals surface area contributed by atoms with Crippen molar-refractivity contribution in [3.05, 3.63) is 0 Å². The van der Waals surface area contributed by atoms with Crippen LogP contribution in [0.5, 0.6) is 0 Å². The minimum atomic E-state index is -0.332. The van der Waals surface area contributed by atoms with E-state index in [1.165, 1.54) is 12.8 Å². The van der Waals surface area contributed by atoms with E-state index in [1.807, 2.05) is 14.0 Å². The first-order valence-electron chi connectivity index (χ1n) is 5.77. The van der Waals surface area contributed by atoms with Crippen molar-refractivity contribution in [2.24, 2.45) is 5.73 Å². The van der Waals surface area contributed by atoms with Gasteiger partial charge in [0.2, 0.25) is 5.91 Å². The topological polar surface area (TPSA) is 49.6 Å². The van der Waals surface area contributed by atoms with Crippen LogP contribution in [0.1, 0.15) is 26.2 Å². The predicted octanol–water partition coefficient (Wildman–Crippen LogP) is 0.276. The van der Waals surface area contributed by atoms with Gasteiger partial charge >= 0.3 is 0 Å². The molecule has 0 aromatic heterocycles. The van der Waals surface area contributed by atoms with E-state index >= 15 is 0 Å². The summed E-state index contributed by atoms with van der Waals surface area (Å²) in [5.41, 5.74) is 5.72. The first kappa shape index (κ1) is 12.5. The van der Waals surface area contributed by atoms with Gasteiger partial charge < -0.3 is 15.5 Å². The summed E-state index contributed by atoms with van der Waals surface area (Å²) in [6.45, 7) is 3.90. The molecule has 0 aliphatic carbocycles. The highest BCUT2D eigenvalue weighted by atomic mass is 16.2. The molecule has 1 saturated heterocycles. The van der Waals surface area contributed by atoms with Gasteiger partial charge in [0.05, 0.1) is 6.04 Å². The molecule has 1 fully saturated rings. The van der Waals surface area contributed by atoms with Crippen LogP contribution < -0.4 is 5.73 Å². The van der Waals surface area contributed by atoms with E-state index in [-0.39, 0.29) is 11.9 Å². The van der Waals surface area contributed by atoms with Gasteiger partial charge in [-0.2, -0.15) is 0 Å². The summed E-state index contributed by atoms with van der Waals surface area (Å²) in [5, 5.41) is 0. The fourth-order valence-corrected chi connectivity index (χ4v) is 2.07. The van der Waals surface area contributed by atoms with Gasteiger partial charge in [0.1, 0.15) is 0 Å². The van der Waals surface area contributed by atoms with Crippen LogP contribution in [0.25, 0.3) is 0 Å². The number of nitrogens with two attached hydrogens (primary N) is 1. The number of likely N-dealkylation sites (tertiary alicyclic amines) is 1. The zero-order valence-electron chi connectivity index (χ0n) is 10.1. The second-order valence-corrected chi connectivity index (χ2v) is 4.51. The third kappa shape index (κ3) is 3.18. The lowest BCUT2D eigenvalue weighted by molar-refractivity contribution is -0.131. The van der Waals surface area contributed by atoms with E-state index in [4.69, 9.17) is 5.73 Å². The molecule has 2 atom stereocenters. The molecular formula is C11H23N3O. The largest absolute Gasteiger partial charge is 0.343 e. The second-order valence-electron chi connectivity index (χ2n) is 4.51. The Morgan fingerprint density at radius 3 is 2.80 bits per heavy atom. The zero-order valence-corrected chi connectivity index (χ0v) is 10.1. The summed E-state index contributed by atoms with van der Waals surface area (Å²) in [4.78, 5) is 15.8. The van der Waals surface area contributed by atoms with Gasteiger partial charge in [-0.15, -0.1) is 0 Å². The van der Waals surface area contributed by atoms with Gasteiger partial charge in [-0.05, 0) is 32.9 Å². The Labute approximate surface area is 92.4 Å². The Morgan fingerprint density at radius 1 is 1.67 bits per heavy atom. The Balaban J connectivity index is 2.40. The standard InChI is InChI=1S/C11H23N3O/c1-4-10(12)11(15)14(3)8-9-6-5-7-13(9)2/h9-10H,4-8,12H2,1-3H3. The smallest absolute Gasteiger partial charge is 0.239 e. The number of likely N-dealkylation sites (N-methyl/N-ethyl adjacent to an activating group) is 2. The monoisotopic (exact) mass is 213 g/mol. The van der Waals surface area contributed by atoms with Crippen molar-refractivity contribution in [2.45, 2.75) is 38.3 Å². The summed E-state index contributed by atoms with van der Waals surface area (Å²) in [6, 6.07) is 0.185. The Kier molecular flexibility index (Phi) is 4.54. The lowest BCUT2D eigenvalue weighted by Crippen LogP contribution is -2.46. The van der Waals surface area contributed by atoms with E-state index in [0.717, 1.165) is 13.1 Å². The maximum atomic E-state index is 11.8. The number of carbonyl (C=O) groups is 1. The molecule has 0 saturated carbocycles. The van der Waals surface area contributed by atoms with Crippen LogP contribution in [0, 0.1) is 0 Å². The maximum Gasteiger partial charge on any atom is 0.239 e. The highest BCUT2D eigenvalue weighted by molar-refractivity contribution is 5.81. The molecule has 15 heavy (non-hydrogen) atoms. The molecule has 1 heterocycles. The number of nitrogens with zero attached hydrogens (tertiary/aromatic N) is 2. The molecule has 88 valence electrons. The molecule has 0 bridgehead atoms. The molecule has 4 nitrogen and oxygen atoms in total. The third-order valence-corrected chi connectivity index (χ3v) is 3.29.